The van der Waals surface area contributed by atoms with Crippen molar-refractivity contribution >= 4 is 17.5 Å². The van der Waals surface area contributed by atoms with Gasteiger partial charge in [-0.15, -0.1) is 0 Å². The topological polar surface area (TPSA) is 65.1 Å². The van der Waals surface area contributed by atoms with Crippen LogP contribution in [0.15, 0.2) is 36.7 Å². The molecule has 0 atom stereocenters. The largest absolute Gasteiger partial charge is 0.371 e. The normalized spacial score (nSPS) is 15.8. The number of hydrogen-bond acceptors (Lipinski definition) is 4. The van der Waals surface area contributed by atoms with E-state index in [4.69, 9.17) is 0 Å². The molecule has 0 unspecified atom stereocenters. The Morgan fingerprint density at radius 3 is 2.64 bits per heavy atom. The molecule has 116 valence electrons. The third-order valence-corrected chi connectivity index (χ3v) is 4.21. The Bertz CT molecular complexity index is 590. The van der Waals surface area contributed by atoms with Gasteiger partial charge in [-0.2, -0.15) is 10.1 Å². The molecule has 1 amide bonds. The molecule has 2 heterocycles. The number of amides is 1. The molecular weight excluding hydrogens is 278 g/mol. The molecule has 1 saturated heterocycles. The van der Waals surface area contributed by atoms with E-state index in [1.165, 1.54) is 12.0 Å². The third-order valence-electron chi connectivity index (χ3n) is 4.21. The fourth-order valence-corrected chi connectivity index (χ4v) is 2.98. The number of piperidine rings is 1. The van der Waals surface area contributed by atoms with Crippen molar-refractivity contribution in [1.82, 2.24) is 15.2 Å². The summed E-state index contributed by atoms with van der Waals surface area (Å²) in [7, 11) is 0. The van der Waals surface area contributed by atoms with Crippen molar-refractivity contribution in [1.29, 1.82) is 0 Å². The first-order valence-corrected chi connectivity index (χ1v) is 7.76. The molecule has 0 spiro atoms. The minimum absolute atomic E-state index is 0.0602. The second kappa shape index (κ2) is 6.60. The van der Waals surface area contributed by atoms with E-state index in [0.717, 1.165) is 25.9 Å². The number of aromatic nitrogens is 3. The van der Waals surface area contributed by atoms with Crippen molar-refractivity contribution in [2.45, 2.75) is 19.8 Å². The van der Waals surface area contributed by atoms with Gasteiger partial charge in [0.1, 0.15) is 6.33 Å². The number of hydrogen-bond donors (Lipinski definition) is 1. The number of anilines is 2. The van der Waals surface area contributed by atoms with E-state index in [1.807, 2.05) is 13.0 Å². The standard InChI is InChI=1S/C16H21N5O/c1-2-21(16-17-12-18-19-16)15(22)13-8-10-20(11-9-13)14-6-4-3-5-7-14/h3-7,12-13H,2,8-11H2,1H3,(H,17,18,19). The lowest BCUT2D eigenvalue weighted by Crippen LogP contribution is -2.43. The van der Waals surface area contributed by atoms with Crippen LogP contribution in [-0.4, -0.2) is 40.7 Å². The van der Waals surface area contributed by atoms with Gasteiger partial charge in [0.25, 0.3) is 0 Å². The molecule has 1 fully saturated rings. The molecule has 1 aromatic heterocycles. The van der Waals surface area contributed by atoms with Gasteiger partial charge in [-0.3, -0.25) is 9.69 Å². The number of benzene rings is 1. The molecule has 0 radical (unpaired) electrons. The van der Waals surface area contributed by atoms with Gasteiger partial charge in [0.05, 0.1) is 0 Å². The number of aromatic amines is 1. The van der Waals surface area contributed by atoms with Gasteiger partial charge >= 0.3 is 0 Å². The van der Waals surface area contributed by atoms with Crippen LogP contribution in [0.3, 0.4) is 0 Å². The highest BCUT2D eigenvalue weighted by atomic mass is 16.2. The number of carbonyl (C=O) groups excluding carboxylic acids is 1. The Morgan fingerprint density at radius 1 is 1.32 bits per heavy atom. The van der Waals surface area contributed by atoms with Crippen LogP contribution in [0, 0.1) is 5.92 Å². The summed E-state index contributed by atoms with van der Waals surface area (Å²) >= 11 is 0. The van der Waals surface area contributed by atoms with Crippen LogP contribution in [-0.2, 0) is 4.79 Å². The van der Waals surface area contributed by atoms with E-state index in [9.17, 15) is 4.79 Å². The maximum atomic E-state index is 12.7. The Morgan fingerprint density at radius 2 is 2.05 bits per heavy atom. The fraction of sp³-hybridized carbons (Fsp3) is 0.438. The third kappa shape index (κ3) is 2.95. The van der Waals surface area contributed by atoms with Gasteiger partial charge in [0.15, 0.2) is 0 Å². The van der Waals surface area contributed by atoms with E-state index in [1.54, 1.807) is 4.90 Å². The minimum Gasteiger partial charge on any atom is -0.371 e. The van der Waals surface area contributed by atoms with E-state index in [0.29, 0.717) is 12.5 Å². The van der Waals surface area contributed by atoms with Crippen LogP contribution < -0.4 is 9.80 Å². The Kier molecular flexibility index (Phi) is 4.37. The molecule has 0 aliphatic carbocycles. The minimum atomic E-state index is 0.0602. The van der Waals surface area contributed by atoms with E-state index in [2.05, 4.69) is 44.3 Å². The SMILES string of the molecule is CCN(C(=O)C1CCN(c2ccccc2)CC1)c1ncn[nH]1. The first kappa shape index (κ1) is 14.6. The predicted molar refractivity (Wildman–Crippen MR) is 85.8 cm³/mol. The zero-order chi connectivity index (χ0) is 15.4. The fourth-order valence-electron chi connectivity index (χ4n) is 2.98. The molecule has 2 aromatic rings. The van der Waals surface area contributed by atoms with Crippen molar-refractivity contribution < 1.29 is 4.79 Å². The molecule has 1 N–H and O–H groups in total. The predicted octanol–water partition coefficient (Wildman–Crippen LogP) is 2.07. The highest BCUT2D eigenvalue weighted by molar-refractivity contribution is 5.93. The number of para-hydroxylation sites is 1. The highest BCUT2D eigenvalue weighted by Gasteiger charge is 2.29. The average Bonchev–Trinajstić information content (AvgIpc) is 3.11. The molecule has 0 saturated carbocycles. The van der Waals surface area contributed by atoms with Crippen LogP contribution >= 0.6 is 0 Å². The summed E-state index contributed by atoms with van der Waals surface area (Å²) < 4.78 is 0. The summed E-state index contributed by atoms with van der Waals surface area (Å²) in [6.45, 7) is 4.38. The quantitative estimate of drug-likeness (QED) is 0.938. The summed E-state index contributed by atoms with van der Waals surface area (Å²) in [6.07, 6.45) is 3.18. The zero-order valence-electron chi connectivity index (χ0n) is 12.8. The Labute approximate surface area is 130 Å². The van der Waals surface area contributed by atoms with Gasteiger partial charge < -0.3 is 4.90 Å². The monoisotopic (exact) mass is 299 g/mol. The van der Waals surface area contributed by atoms with Crippen molar-refractivity contribution in [2.24, 2.45) is 5.92 Å². The number of H-pyrrole nitrogens is 1. The molecule has 0 bridgehead atoms. The van der Waals surface area contributed by atoms with Crippen LogP contribution in [0.4, 0.5) is 11.6 Å². The van der Waals surface area contributed by atoms with Crippen LogP contribution in [0.1, 0.15) is 19.8 Å². The molecule has 1 aliphatic heterocycles. The zero-order valence-corrected chi connectivity index (χ0v) is 12.8. The Balaban J connectivity index is 1.62. The van der Waals surface area contributed by atoms with Crippen LogP contribution in [0.5, 0.6) is 0 Å². The lowest BCUT2D eigenvalue weighted by molar-refractivity contribution is -0.123. The maximum absolute atomic E-state index is 12.7. The number of nitrogens with one attached hydrogen (secondary N) is 1. The number of rotatable bonds is 4. The molecular formula is C16H21N5O. The summed E-state index contributed by atoms with van der Waals surface area (Å²) in [5.74, 6) is 0.745. The molecule has 1 aliphatic rings. The maximum Gasteiger partial charge on any atom is 0.232 e. The second-order valence-corrected chi connectivity index (χ2v) is 5.49. The second-order valence-electron chi connectivity index (χ2n) is 5.49. The smallest absolute Gasteiger partial charge is 0.232 e. The molecule has 22 heavy (non-hydrogen) atoms. The van der Waals surface area contributed by atoms with E-state index >= 15 is 0 Å². The first-order valence-electron chi connectivity index (χ1n) is 7.76. The molecule has 6 nitrogen and oxygen atoms in total. The van der Waals surface area contributed by atoms with Gasteiger partial charge in [0.2, 0.25) is 11.9 Å². The molecule has 1 aromatic carbocycles. The van der Waals surface area contributed by atoms with Gasteiger partial charge in [-0.1, -0.05) is 18.2 Å². The van der Waals surface area contributed by atoms with Gasteiger partial charge in [0, 0.05) is 31.2 Å². The van der Waals surface area contributed by atoms with Crippen LogP contribution in [0.25, 0.3) is 0 Å². The summed E-state index contributed by atoms with van der Waals surface area (Å²) in [5, 5.41) is 6.61. The number of carbonyl (C=O) groups is 1. The Hall–Kier alpha value is -2.37. The average molecular weight is 299 g/mol. The lowest BCUT2D eigenvalue weighted by atomic mass is 9.95. The number of nitrogens with zero attached hydrogens (tertiary/aromatic N) is 4. The summed E-state index contributed by atoms with van der Waals surface area (Å²) in [6, 6.07) is 10.4. The van der Waals surface area contributed by atoms with E-state index < -0.39 is 0 Å². The summed E-state index contributed by atoms with van der Waals surface area (Å²) in [4.78, 5) is 20.8. The van der Waals surface area contributed by atoms with E-state index in [-0.39, 0.29) is 11.8 Å². The van der Waals surface area contributed by atoms with Crippen LogP contribution in [0.2, 0.25) is 0 Å². The van der Waals surface area contributed by atoms with Crippen molar-refractivity contribution in [3.8, 4) is 0 Å². The van der Waals surface area contributed by atoms with Crippen molar-refractivity contribution in [3.05, 3.63) is 36.7 Å². The molecule has 3 rings (SSSR count). The van der Waals surface area contributed by atoms with Gasteiger partial charge in [-0.05, 0) is 31.9 Å². The lowest BCUT2D eigenvalue weighted by Gasteiger charge is -2.34. The first-order chi connectivity index (χ1) is 10.8. The van der Waals surface area contributed by atoms with Crippen molar-refractivity contribution in [2.75, 3.05) is 29.4 Å². The molecule has 6 heteroatoms. The van der Waals surface area contributed by atoms with Crippen molar-refractivity contribution in [3.63, 3.8) is 0 Å². The summed E-state index contributed by atoms with van der Waals surface area (Å²) in [5.41, 5.74) is 1.23. The highest BCUT2D eigenvalue weighted by Crippen LogP contribution is 2.25. The van der Waals surface area contributed by atoms with Gasteiger partial charge in [-0.25, -0.2) is 5.10 Å².